The Morgan fingerprint density at radius 1 is 1.43 bits per heavy atom. The molecule has 0 spiro atoms. The molecule has 5 heteroatoms. The van der Waals surface area contributed by atoms with Crippen molar-refractivity contribution in [2.45, 2.75) is 13.8 Å². The summed E-state index contributed by atoms with van der Waals surface area (Å²) in [5.41, 5.74) is 1.86. The van der Waals surface area contributed by atoms with Gasteiger partial charge in [-0.3, -0.25) is 4.79 Å². The molecule has 0 aliphatic heterocycles. The van der Waals surface area contributed by atoms with Gasteiger partial charge in [-0.2, -0.15) is 11.8 Å². The monoisotopic (exact) mass is 310 g/mol. The van der Waals surface area contributed by atoms with E-state index in [9.17, 15) is 4.79 Å². The predicted octanol–water partition coefficient (Wildman–Crippen LogP) is 2.87. The average Bonchev–Trinajstić information content (AvgIpc) is 2.41. The summed E-state index contributed by atoms with van der Waals surface area (Å²) >= 11 is 1.67. The molecule has 4 nitrogen and oxygen atoms in total. The Labute approximate surface area is 132 Å². The molecule has 1 aromatic carbocycles. The summed E-state index contributed by atoms with van der Waals surface area (Å²) in [6.07, 6.45) is 2.01. The van der Waals surface area contributed by atoms with Gasteiger partial charge in [0.1, 0.15) is 12.4 Å². The van der Waals surface area contributed by atoms with Crippen LogP contribution in [-0.4, -0.2) is 50.1 Å². The number of carbonyl (C=O) groups is 1. The van der Waals surface area contributed by atoms with Crippen LogP contribution >= 0.6 is 11.8 Å². The van der Waals surface area contributed by atoms with Gasteiger partial charge in [-0.15, -0.1) is 0 Å². The average molecular weight is 310 g/mol. The van der Waals surface area contributed by atoms with E-state index in [0.29, 0.717) is 6.61 Å². The molecule has 1 aromatic rings. The Balaban J connectivity index is 2.74. The van der Waals surface area contributed by atoms with Crippen LogP contribution in [0, 0.1) is 12.8 Å². The third kappa shape index (κ3) is 6.40. The third-order valence-corrected chi connectivity index (χ3v) is 3.89. The second kappa shape index (κ2) is 8.95. The molecule has 0 aliphatic carbocycles. The molecule has 0 bridgehead atoms. The number of benzene rings is 1. The van der Waals surface area contributed by atoms with Gasteiger partial charge in [0.2, 0.25) is 5.91 Å². The van der Waals surface area contributed by atoms with E-state index in [1.807, 2.05) is 52.4 Å². The van der Waals surface area contributed by atoms with Crippen LogP contribution in [0.4, 0.5) is 5.69 Å². The summed E-state index contributed by atoms with van der Waals surface area (Å²) in [5.74, 6) is 1.57. The van der Waals surface area contributed by atoms with Crippen molar-refractivity contribution in [1.82, 2.24) is 4.90 Å². The number of nitrogens with one attached hydrogen (secondary N) is 1. The van der Waals surface area contributed by atoms with Crippen molar-refractivity contribution in [2.75, 3.05) is 44.6 Å². The number of nitrogens with zero attached hydrogens (tertiary/aromatic N) is 1. The molecular weight excluding hydrogens is 284 g/mol. The van der Waals surface area contributed by atoms with Gasteiger partial charge in [-0.1, -0.05) is 13.0 Å². The number of hydrogen-bond acceptors (Lipinski definition) is 4. The Kier molecular flexibility index (Phi) is 7.61. The van der Waals surface area contributed by atoms with E-state index in [4.69, 9.17) is 4.74 Å². The topological polar surface area (TPSA) is 41.6 Å². The first kappa shape index (κ1) is 17.9. The van der Waals surface area contributed by atoms with Crippen LogP contribution in [0.5, 0.6) is 5.75 Å². The van der Waals surface area contributed by atoms with Crippen LogP contribution in [0.1, 0.15) is 12.5 Å². The zero-order chi connectivity index (χ0) is 15.8. The maximum absolute atomic E-state index is 12.1. The number of ether oxygens (including phenoxy) is 1. The second-order valence-electron chi connectivity index (χ2n) is 5.50. The van der Waals surface area contributed by atoms with Gasteiger partial charge < -0.3 is 15.0 Å². The first-order valence-electron chi connectivity index (χ1n) is 7.12. The van der Waals surface area contributed by atoms with Crippen molar-refractivity contribution in [3.05, 3.63) is 23.8 Å². The minimum atomic E-state index is -0.0177. The highest BCUT2D eigenvalue weighted by Gasteiger charge is 2.14. The van der Waals surface area contributed by atoms with Crippen molar-refractivity contribution in [2.24, 2.45) is 5.92 Å². The molecule has 0 saturated carbocycles. The summed E-state index contributed by atoms with van der Waals surface area (Å²) in [4.78, 5) is 14.2. The van der Waals surface area contributed by atoms with E-state index in [2.05, 4.69) is 10.2 Å². The summed E-state index contributed by atoms with van der Waals surface area (Å²) in [7, 11) is 4.01. The molecule has 0 fully saturated rings. The zero-order valence-electron chi connectivity index (χ0n) is 13.6. The fourth-order valence-corrected chi connectivity index (χ4v) is 2.42. The number of anilines is 1. The summed E-state index contributed by atoms with van der Waals surface area (Å²) in [6.45, 7) is 5.39. The molecular formula is C16H26N2O2S. The lowest BCUT2D eigenvalue weighted by Crippen LogP contribution is -2.23. The van der Waals surface area contributed by atoms with Crippen LogP contribution in [0.15, 0.2) is 18.2 Å². The van der Waals surface area contributed by atoms with Crippen molar-refractivity contribution in [1.29, 1.82) is 0 Å². The van der Waals surface area contributed by atoms with Crippen molar-refractivity contribution in [3.8, 4) is 5.75 Å². The van der Waals surface area contributed by atoms with E-state index in [1.165, 1.54) is 0 Å². The number of likely N-dealkylation sites (N-methyl/N-ethyl adjacent to an activating group) is 1. The largest absolute Gasteiger partial charge is 0.490 e. The maximum atomic E-state index is 12.1. The molecule has 0 saturated heterocycles. The highest BCUT2D eigenvalue weighted by Crippen LogP contribution is 2.26. The standard InChI is InChI=1S/C16H26N2O2S/c1-12-6-7-14(17-16(19)13(2)11-21-5)15(10-12)20-9-8-18(3)4/h6-7,10,13H,8-9,11H2,1-5H3,(H,17,19)/t13-/m1/s1. The van der Waals surface area contributed by atoms with E-state index in [-0.39, 0.29) is 11.8 Å². The Bertz CT molecular complexity index is 464. The van der Waals surface area contributed by atoms with Crippen molar-refractivity contribution in [3.63, 3.8) is 0 Å². The number of carbonyl (C=O) groups excluding carboxylic acids is 1. The van der Waals surface area contributed by atoms with Gasteiger partial charge in [0.25, 0.3) is 0 Å². The van der Waals surface area contributed by atoms with Crippen LogP contribution in [0.25, 0.3) is 0 Å². The van der Waals surface area contributed by atoms with E-state index >= 15 is 0 Å². The fraction of sp³-hybridized carbons (Fsp3) is 0.562. The Morgan fingerprint density at radius 3 is 2.76 bits per heavy atom. The van der Waals surface area contributed by atoms with Gasteiger partial charge in [0, 0.05) is 18.2 Å². The smallest absolute Gasteiger partial charge is 0.228 e. The zero-order valence-corrected chi connectivity index (χ0v) is 14.4. The number of aryl methyl sites for hydroxylation is 1. The van der Waals surface area contributed by atoms with Crippen LogP contribution in [-0.2, 0) is 4.79 Å². The lowest BCUT2D eigenvalue weighted by Gasteiger charge is -2.17. The van der Waals surface area contributed by atoms with Gasteiger partial charge >= 0.3 is 0 Å². The van der Waals surface area contributed by atoms with E-state index in [1.54, 1.807) is 11.8 Å². The second-order valence-corrected chi connectivity index (χ2v) is 6.41. The molecule has 21 heavy (non-hydrogen) atoms. The molecule has 0 heterocycles. The van der Waals surface area contributed by atoms with Crippen LogP contribution in [0.2, 0.25) is 0 Å². The molecule has 0 aliphatic rings. The predicted molar refractivity (Wildman–Crippen MR) is 91.4 cm³/mol. The molecule has 0 radical (unpaired) electrons. The molecule has 118 valence electrons. The molecule has 1 rings (SSSR count). The summed E-state index contributed by atoms with van der Waals surface area (Å²) in [6, 6.07) is 5.85. The maximum Gasteiger partial charge on any atom is 0.228 e. The van der Waals surface area contributed by atoms with E-state index in [0.717, 1.165) is 29.3 Å². The van der Waals surface area contributed by atoms with E-state index < -0.39 is 0 Å². The van der Waals surface area contributed by atoms with Crippen molar-refractivity contribution >= 4 is 23.4 Å². The number of hydrogen-bond donors (Lipinski definition) is 1. The lowest BCUT2D eigenvalue weighted by molar-refractivity contribution is -0.118. The normalized spacial score (nSPS) is 12.3. The number of rotatable bonds is 8. The quantitative estimate of drug-likeness (QED) is 0.801. The van der Waals surface area contributed by atoms with Crippen LogP contribution in [0.3, 0.4) is 0 Å². The van der Waals surface area contributed by atoms with Gasteiger partial charge in [-0.25, -0.2) is 0 Å². The Hall–Kier alpha value is -1.20. The highest BCUT2D eigenvalue weighted by molar-refractivity contribution is 7.98. The van der Waals surface area contributed by atoms with Crippen molar-refractivity contribution < 1.29 is 9.53 Å². The van der Waals surface area contributed by atoms with Crippen LogP contribution < -0.4 is 10.1 Å². The van der Waals surface area contributed by atoms with Gasteiger partial charge in [-0.05, 0) is 45.0 Å². The fourth-order valence-electron chi connectivity index (χ4n) is 1.77. The molecule has 0 aromatic heterocycles. The highest BCUT2D eigenvalue weighted by atomic mass is 32.2. The molecule has 0 unspecified atom stereocenters. The Morgan fingerprint density at radius 2 is 2.14 bits per heavy atom. The number of thioether (sulfide) groups is 1. The number of amides is 1. The van der Waals surface area contributed by atoms with Gasteiger partial charge in [0.05, 0.1) is 5.69 Å². The molecule has 1 amide bonds. The minimum Gasteiger partial charge on any atom is -0.490 e. The lowest BCUT2D eigenvalue weighted by atomic mass is 10.1. The third-order valence-electron chi connectivity index (χ3n) is 3.06. The SMILES string of the molecule is CSC[C@@H](C)C(=O)Nc1ccc(C)cc1OCCN(C)C. The molecule has 1 atom stereocenters. The summed E-state index contributed by atoms with van der Waals surface area (Å²) < 4.78 is 5.81. The van der Waals surface area contributed by atoms with Gasteiger partial charge in [0.15, 0.2) is 0 Å². The minimum absolute atomic E-state index is 0.0177. The first-order chi connectivity index (χ1) is 9.93. The first-order valence-corrected chi connectivity index (χ1v) is 8.51. The summed E-state index contributed by atoms with van der Waals surface area (Å²) in [5, 5.41) is 2.97. The molecule has 1 N–H and O–H groups in total.